The summed E-state index contributed by atoms with van der Waals surface area (Å²) in [5, 5.41) is 1.81. The van der Waals surface area contributed by atoms with Gasteiger partial charge in [-0.2, -0.15) is 0 Å². The number of fused-ring (bicyclic) bond motifs is 2. The number of hydrogen-bond acceptors (Lipinski definition) is 7. The Morgan fingerprint density at radius 1 is 0.676 bits per heavy atom. The van der Waals surface area contributed by atoms with Gasteiger partial charge in [-0.1, -0.05) is 17.7 Å². The first-order valence-electron chi connectivity index (χ1n) is 9.93. The molecule has 0 aliphatic heterocycles. The average Bonchev–Trinajstić information content (AvgIpc) is 2.79. The van der Waals surface area contributed by atoms with Gasteiger partial charge in [-0.3, -0.25) is 0 Å². The lowest BCUT2D eigenvalue weighted by atomic mass is 10.2. The van der Waals surface area contributed by atoms with Crippen molar-refractivity contribution < 1.29 is 43.0 Å². The molecule has 7 nitrogen and oxygen atoms in total. The van der Waals surface area contributed by atoms with E-state index in [2.05, 4.69) is 0 Å². The third-order valence-corrected chi connectivity index (χ3v) is 8.14. The van der Waals surface area contributed by atoms with Crippen molar-refractivity contribution >= 4 is 32.1 Å². The van der Waals surface area contributed by atoms with Gasteiger partial charge in [0.15, 0.2) is 7.14 Å². The van der Waals surface area contributed by atoms with Crippen molar-refractivity contribution in [1.82, 2.24) is 0 Å². The van der Waals surface area contributed by atoms with Gasteiger partial charge in [0.1, 0.15) is 21.3 Å². The van der Waals surface area contributed by atoms with E-state index >= 15 is 0 Å². The molecule has 3 aromatic carbocycles. The van der Waals surface area contributed by atoms with Crippen molar-refractivity contribution in [2.45, 2.75) is 11.8 Å². The van der Waals surface area contributed by atoms with Gasteiger partial charge in [-0.05, 0) is 55.5 Å². The number of halogens is 1. The van der Waals surface area contributed by atoms with Crippen molar-refractivity contribution in [2.75, 3.05) is 0 Å². The normalized spacial score (nSPS) is 11.2. The molecule has 0 fully saturated rings. The third kappa shape index (κ3) is 5.99. The molecular weight excluding hydrogens is 571 g/mol. The minimum Gasteiger partial charge on any atom is -0.744 e. The summed E-state index contributed by atoms with van der Waals surface area (Å²) in [6.07, 6.45) is 0. The number of rotatable bonds is 3. The molecule has 0 amide bonds. The maximum atomic E-state index is 11.3. The summed E-state index contributed by atoms with van der Waals surface area (Å²) < 4.78 is 43.9. The van der Waals surface area contributed by atoms with Crippen LogP contribution in [0.2, 0.25) is 0 Å². The highest BCUT2D eigenvalue weighted by molar-refractivity contribution is 7.85. The standard InChI is InChI=1S/C18H10IO4.C7H8O3S/c20-17-7-3-11-1-5-13(9-15(11)22-17)19-14-6-2-12-4-8-18(21)23-16(12)10-14;1-6-2-4-7(5-3-6)11(8,9)10/h1-10H;2-5H,1H3,(H,8,9,10)/q+1;/p-1. The maximum Gasteiger partial charge on any atom is 0.358 e. The zero-order valence-corrected chi connectivity index (χ0v) is 20.7. The average molecular weight is 588 g/mol. The van der Waals surface area contributed by atoms with Crippen LogP contribution in [0, 0.1) is 14.1 Å². The van der Waals surface area contributed by atoms with Gasteiger partial charge in [0.05, 0.1) is 4.90 Å². The Hall–Kier alpha value is -3.28. The quantitative estimate of drug-likeness (QED) is 0.175. The van der Waals surface area contributed by atoms with E-state index in [1.165, 1.54) is 24.3 Å². The van der Waals surface area contributed by atoms with E-state index in [4.69, 9.17) is 8.83 Å². The molecule has 0 bridgehead atoms. The number of aryl methyl sites for hydroxylation is 1. The molecule has 0 saturated heterocycles. The summed E-state index contributed by atoms with van der Waals surface area (Å²) >= 11 is -0.465. The molecule has 5 aromatic rings. The summed E-state index contributed by atoms with van der Waals surface area (Å²) in [7, 11) is -4.27. The van der Waals surface area contributed by atoms with Crippen LogP contribution in [-0.2, 0) is 10.1 Å². The summed E-state index contributed by atoms with van der Waals surface area (Å²) in [4.78, 5) is 22.5. The molecule has 0 saturated carbocycles. The molecule has 0 N–H and O–H groups in total. The summed E-state index contributed by atoms with van der Waals surface area (Å²) in [6.45, 7) is 1.82. The number of benzene rings is 3. The topological polar surface area (TPSA) is 118 Å². The van der Waals surface area contributed by atoms with Crippen molar-refractivity contribution in [3.8, 4) is 0 Å². The van der Waals surface area contributed by atoms with E-state index in [0.29, 0.717) is 11.2 Å². The van der Waals surface area contributed by atoms with Crippen molar-refractivity contribution in [2.24, 2.45) is 0 Å². The minimum absolute atomic E-state index is 0.178. The van der Waals surface area contributed by atoms with Crippen LogP contribution in [0.15, 0.2) is 108 Å². The van der Waals surface area contributed by atoms with E-state index in [0.717, 1.165) is 23.5 Å². The van der Waals surface area contributed by atoms with Gasteiger partial charge >= 0.3 is 32.5 Å². The van der Waals surface area contributed by atoms with Crippen molar-refractivity contribution in [1.29, 1.82) is 0 Å². The highest BCUT2D eigenvalue weighted by Gasteiger charge is 2.18. The Bertz CT molecular complexity index is 1610. The lowest BCUT2D eigenvalue weighted by Crippen LogP contribution is -3.61. The van der Waals surface area contributed by atoms with Crippen LogP contribution in [0.4, 0.5) is 0 Å². The van der Waals surface area contributed by atoms with Crippen molar-refractivity contribution in [3.05, 3.63) is 118 Å². The van der Waals surface area contributed by atoms with E-state index in [1.54, 1.807) is 24.3 Å². The maximum absolute atomic E-state index is 11.3. The molecule has 0 spiro atoms. The smallest absolute Gasteiger partial charge is 0.358 e. The van der Waals surface area contributed by atoms with Gasteiger partial charge < -0.3 is 13.4 Å². The molecule has 34 heavy (non-hydrogen) atoms. The van der Waals surface area contributed by atoms with E-state index in [1.807, 2.05) is 43.3 Å². The summed E-state index contributed by atoms with van der Waals surface area (Å²) in [5.41, 5.74) is 1.43. The Labute approximate surface area is 204 Å². The molecular formula is C25H17IO7S. The molecule has 172 valence electrons. The second kappa shape index (κ2) is 9.92. The van der Waals surface area contributed by atoms with Gasteiger partial charge in [0.2, 0.25) is 0 Å². The lowest BCUT2D eigenvalue weighted by molar-refractivity contribution is -0.597. The van der Waals surface area contributed by atoms with Crippen LogP contribution in [0.1, 0.15) is 5.56 Å². The van der Waals surface area contributed by atoms with Gasteiger partial charge in [-0.15, -0.1) is 0 Å². The zero-order valence-electron chi connectivity index (χ0n) is 17.7. The molecule has 5 rings (SSSR count). The Balaban J connectivity index is 0.000000210. The fraction of sp³-hybridized carbons (Fsp3) is 0.0400. The van der Waals surface area contributed by atoms with Crippen LogP contribution in [0.25, 0.3) is 21.9 Å². The largest absolute Gasteiger partial charge is 0.744 e. The van der Waals surface area contributed by atoms with Gasteiger partial charge in [-0.25, -0.2) is 18.0 Å². The lowest BCUT2D eigenvalue weighted by Gasteiger charge is -2.05. The SMILES string of the molecule is Cc1ccc(S(=O)(=O)[O-])cc1.O=c1ccc2ccc([I+]c3ccc4ccc(=O)oc4c3)cc2o1. The summed E-state index contributed by atoms with van der Waals surface area (Å²) in [5.74, 6) is 0. The number of hydrogen-bond donors (Lipinski definition) is 0. The van der Waals surface area contributed by atoms with Gasteiger partial charge in [0.25, 0.3) is 0 Å². The fourth-order valence-corrected chi connectivity index (χ4v) is 5.80. The van der Waals surface area contributed by atoms with Crippen molar-refractivity contribution in [3.63, 3.8) is 0 Å². The Morgan fingerprint density at radius 3 is 1.56 bits per heavy atom. The fourth-order valence-electron chi connectivity index (χ4n) is 3.02. The van der Waals surface area contributed by atoms with Crippen LogP contribution >= 0.6 is 0 Å². The second-order valence-electron chi connectivity index (χ2n) is 7.23. The predicted octanol–water partition coefficient (Wildman–Crippen LogP) is 0.927. The monoisotopic (exact) mass is 588 g/mol. The first kappa shape index (κ1) is 23.9. The van der Waals surface area contributed by atoms with E-state index in [-0.39, 0.29) is 16.1 Å². The molecule has 0 unspecified atom stereocenters. The van der Waals surface area contributed by atoms with Crippen LogP contribution < -0.4 is 32.5 Å². The first-order chi connectivity index (χ1) is 16.2. The zero-order chi connectivity index (χ0) is 24.3. The Morgan fingerprint density at radius 2 is 1.12 bits per heavy atom. The first-order valence-corrected chi connectivity index (χ1v) is 13.5. The highest BCUT2D eigenvalue weighted by Crippen LogP contribution is 2.11. The molecule has 2 aromatic heterocycles. The van der Waals surface area contributed by atoms with E-state index in [9.17, 15) is 22.6 Å². The molecule has 9 heteroatoms. The Kier molecular flexibility index (Phi) is 6.96. The third-order valence-electron chi connectivity index (χ3n) is 4.70. The van der Waals surface area contributed by atoms with Crippen LogP contribution in [0.5, 0.6) is 0 Å². The van der Waals surface area contributed by atoms with Crippen LogP contribution in [0.3, 0.4) is 0 Å². The van der Waals surface area contributed by atoms with Gasteiger partial charge in [0, 0.05) is 35.0 Å². The summed E-state index contributed by atoms with van der Waals surface area (Å²) in [6, 6.07) is 24.0. The van der Waals surface area contributed by atoms with Crippen LogP contribution in [-0.4, -0.2) is 13.0 Å². The molecule has 0 radical (unpaired) electrons. The molecule has 0 aliphatic rings. The highest BCUT2D eigenvalue weighted by atomic mass is 127. The molecule has 0 aliphatic carbocycles. The molecule has 2 heterocycles. The van der Waals surface area contributed by atoms with E-state index < -0.39 is 31.3 Å². The molecule has 0 atom stereocenters. The predicted molar refractivity (Wildman–Crippen MR) is 122 cm³/mol. The minimum atomic E-state index is -4.27. The second-order valence-corrected chi connectivity index (χ2v) is 11.6.